The van der Waals surface area contributed by atoms with E-state index in [1.54, 1.807) is 4.90 Å². The molecule has 2 saturated heterocycles. The van der Waals surface area contributed by atoms with Gasteiger partial charge in [0.15, 0.2) is 0 Å². The maximum atomic E-state index is 12.9. The van der Waals surface area contributed by atoms with E-state index < -0.39 is 17.4 Å². The van der Waals surface area contributed by atoms with Gasteiger partial charge in [-0.1, -0.05) is 29.8 Å². The van der Waals surface area contributed by atoms with Gasteiger partial charge in [0, 0.05) is 5.69 Å². The van der Waals surface area contributed by atoms with Crippen molar-refractivity contribution in [2.24, 2.45) is 11.8 Å². The molecule has 2 fully saturated rings. The number of carbonyl (C=O) groups is 2. The molecule has 22 heavy (non-hydrogen) atoms. The highest BCUT2D eigenvalue weighted by atomic mass is 16.5. The second-order valence-electron chi connectivity index (χ2n) is 6.18. The molecule has 1 spiro atoms. The van der Waals surface area contributed by atoms with E-state index in [9.17, 15) is 9.59 Å². The molecule has 3 aliphatic heterocycles. The Morgan fingerprint density at radius 2 is 2.09 bits per heavy atom. The number of benzene rings is 1. The molecule has 5 nitrogen and oxygen atoms in total. The van der Waals surface area contributed by atoms with E-state index in [0.29, 0.717) is 6.54 Å². The highest BCUT2D eigenvalue weighted by molar-refractivity contribution is 6.02. The summed E-state index contributed by atoms with van der Waals surface area (Å²) >= 11 is 0. The monoisotopic (exact) mass is 299 g/mol. The minimum atomic E-state index is -0.689. The molecule has 0 N–H and O–H groups in total. The molecule has 2 bridgehead atoms. The number of fused-ring (bicyclic) bond motifs is 1. The van der Waals surface area contributed by atoms with Crippen molar-refractivity contribution in [1.29, 1.82) is 0 Å². The quantitative estimate of drug-likeness (QED) is 0.613. The van der Waals surface area contributed by atoms with Crippen molar-refractivity contribution in [2.75, 3.05) is 18.6 Å². The molecule has 3 heterocycles. The summed E-state index contributed by atoms with van der Waals surface area (Å²) in [6.45, 7) is 2.45. The number of anilines is 1. The molecule has 1 aromatic rings. The Kier molecular flexibility index (Phi) is 2.72. The number of aryl methyl sites for hydroxylation is 1. The highest BCUT2D eigenvalue weighted by Crippen LogP contribution is 2.52. The first-order chi connectivity index (χ1) is 10.6. The van der Waals surface area contributed by atoms with Crippen LogP contribution in [0.4, 0.5) is 5.69 Å². The average Bonchev–Trinajstić information content (AvgIpc) is 3.16. The average molecular weight is 299 g/mol. The fourth-order valence-corrected chi connectivity index (χ4v) is 3.85. The Balaban J connectivity index is 1.71. The summed E-state index contributed by atoms with van der Waals surface area (Å²) in [5.74, 6) is -1.47. The van der Waals surface area contributed by atoms with Crippen LogP contribution in [-0.4, -0.2) is 37.2 Å². The molecule has 0 saturated carbocycles. The van der Waals surface area contributed by atoms with E-state index in [4.69, 9.17) is 9.47 Å². The third-order valence-electron chi connectivity index (χ3n) is 4.92. The van der Waals surface area contributed by atoms with Crippen LogP contribution in [0.2, 0.25) is 0 Å². The SMILES string of the molecule is COC(=O)[C@H]1[C@H]2C(=O)N(c3ccc(C)cc3)C[C@]23C=C[C@H]1O3. The number of hydrogen-bond acceptors (Lipinski definition) is 4. The topological polar surface area (TPSA) is 55.8 Å². The summed E-state index contributed by atoms with van der Waals surface area (Å²) in [5, 5.41) is 0. The summed E-state index contributed by atoms with van der Waals surface area (Å²) < 4.78 is 10.9. The maximum Gasteiger partial charge on any atom is 0.312 e. The van der Waals surface area contributed by atoms with Crippen molar-refractivity contribution < 1.29 is 19.1 Å². The van der Waals surface area contributed by atoms with Crippen LogP contribution in [0.5, 0.6) is 0 Å². The predicted octanol–water partition coefficient (Wildman–Crippen LogP) is 1.45. The lowest BCUT2D eigenvalue weighted by Crippen LogP contribution is -2.39. The largest absolute Gasteiger partial charge is 0.469 e. The summed E-state index contributed by atoms with van der Waals surface area (Å²) in [6.07, 6.45) is 3.47. The Bertz CT molecular complexity index is 680. The van der Waals surface area contributed by atoms with Crippen molar-refractivity contribution in [3.05, 3.63) is 42.0 Å². The minimum Gasteiger partial charge on any atom is -0.469 e. The fraction of sp³-hybridized carbons (Fsp3) is 0.412. The van der Waals surface area contributed by atoms with Gasteiger partial charge in [-0.3, -0.25) is 9.59 Å². The van der Waals surface area contributed by atoms with Crippen LogP contribution in [0.15, 0.2) is 36.4 Å². The minimum absolute atomic E-state index is 0.0638. The van der Waals surface area contributed by atoms with Crippen LogP contribution in [0.3, 0.4) is 0 Å². The first kappa shape index (κ1) is 13.5. The maximum absolute atomic E-state index is 12.9. The van der Waals surface area contributed by atoms with Gasteiger partial charge in [0.25, 0.3) is 0 Å². The number of esters is 1. The van der Waals surface area contributed by atoms with Crippen LogP contribution in [0, 0.1) is 18.8 Å². The fourth-order valence-electron chi connectivity index (χ4n) is 3.85. The second-order valence-corrected chi connectivity index (χ2v) is 6.18. The van der Waals surface area contributed by atoms with Gasteiger partial charge in [-0.25, -0.2) is 0 Å². The lowest BCUT2D eigenvalue weighted by molar-refractivity contribution is -0.149. The van der Waals surface area contributed by atoms with E-state index in [1.807, 2.05) is 43.3 Å². The molecular formula is C17H17NO4. The Morgan fingerprint density at radius 1 is 1.36 bits per heavy atom. The van der Waals surface area contributed by atoms with Crippen molar-refractivity contribution in [3.63, 3.8) is 0 Å². The van der Waals surface area contributed by atoms with Crippen molar-refractivity contribution in [1.82, 2.24) is 0 Å². The zero-order valence-corrected chi connectivity index (χ0v) is 12.5. The summed E-state index contributed by atoms with van der Waals surface area (Å²) in [7, 11) is 1.35. The lowest BCUT2D eigenvalue weighted by Gasteiger charge is -2.22. The van der Waals surface area contributed by atoms with Crippen LogP contribution in [0.25, 0.3) is 0 Å². The van der Waals surface area contributed by atoms with Gasteiger partial charge in [0.05, 0.1) is 25.7 Å². The Hall–Kier alpha value is -2.14. The summed E-state index contributed by atoms with van der Waals surface area (Å²) in [4.78, 5) is 26.7. The molecule has 0 aromatic heterocycles. The van der Waals surface area contributed by atoms with E-state index in [0.717, 1.165) is 11.3 Å². The van der Waals surface area contributed by atoms with E-state index in [-0.39, 0.29) is 18.0 Å². The molecule has 3 aliphatic rings. The van der Waals surface area contributed by atoms with Gasteiger partial charge in [-0.15, -0.1) is 0 Å². The number of amides is 1. The van der Waals surface area contributed by atoms with E-state index >= 15 is 0 Å². The molecule has 114 valence electrons. The molecule has 0 radical (unpaired) electrons. The number of nitrogens with zero attached hydrogens (tertiary/aromatic N) is 1. The molecule has 0 aliphatic carbocycles. The van der Waals surface area contributed by atoms with E-state index in [2.05, 4.69) is 0 Å². The smallest absolute Gasteiger partial charge is 0.312 e. The second kappa shape index (κ2) is 4.43. The van der Waals surface area contributed by atoms with Crippen molar-refractivity contribution >= 4 is 17.6 Å². The Labute approximate surface area is 128 Å². The van der Waals surface area contributed by atoms with Gasteiger partial charge in [-0.05, 0) is 19.1 Å². The Morgan fingerprint density at radius 3 is 2.77 bits per heavy atom. The number of ether oxygens (including phenoxy) is 2. The van der Waals surface area contributed by atoms with Crippen LogP contribution >= 0.6 is 0 Å². The summed E-state index contributed by atoms with van der Waals surface area (Å²) in [6, 6.07) is 7.79. The third kappa shape index (κ3) is 1.63. The first-order valence-corrected chi connectivity index (χ1v) is 7.39. The number of methoxy groups -OCH3 is 1. The number of hydrogen-bond donors (Lipinski definition) is 0. The van der Waals surface area contributed by atoms with E-state index in [1.165, 1.54) is 7.11 Å². The van der Waals surface area contributed by atoms with Crippen molar-refractivity contribution in [2.45, 2.75) is 18.6 Å². The predicted molar refractivity (Wildman–Crippen MR) is 79.3 cm³/mol. The van der Waals surface area contributed by atoms with Gasteiger partial charge in [0.1, 0.15) is 11.5 Å². The molecular weight excluding hydrogens is 282 g/mol. The molecule has 1 amide bonds. The molecule has 5 heteroatoms. The van der Waals surface area contributed by atoms with Crippen LogP contribution in [-0.2, 0) is 19.1 Å². The number of carbonyl (C=O) groups excluding carboxylic acids is 2. The normalized spacial score (nSPS) is 35.1. The lowest BCUT2D eigenvalue weighted by atomic mass is 9.77. The standard InChI is InChI=1S/C17H17NO4/c1-10-3-5-11(6-4-10)18-9-17-8-7-12(22-17)13(16(20)21-2)14(17)15(18)19/h3-8,12-14H,9H2,1-2H3/t12-,13-,14+,17-/m1/s1. The van der Waals surface area contributed by atoms with Crippen molar-refractivity contribution in [3.8, 4) is 0 Å². The third-order valence-corrected chi connectivity index (χ3v) is 4.92. The van der Waals surface area contributed by atoms with Crippen LogP contribution < -0.4 is 4.90 Å². The zero-order valence-electron chi connectivity index (χ0n) is 12.5. The summed E-state index contributed by atoms with van der Waals surface area (Å²) in [5.41, 5.74) is 1.28. The van der Waals surface area contributed by atoms with Gasteiger partial charge in [-0.2, -0.15) is 0 Å². The highest BCUT2D eigenvalue weighted by Gasteiger charge is 2.67. The molecule has 4 atom stereocenters. The van der Waals surface area contributed by atoms with Gasteiger partial charge < -0.3 is 14.4 Å². The molecule has 0 unspecified atom stereocenters. The first-order valence-electron chi connectivity index (χ1n) is 7.39. The number of rotatable bonds is 2. The van der Waals surface area contributed by atoms with Gasteiger partial charge in [0.2, 0.25) is 5.91 Å². The van der Waals surface area contributed by atoms with Gasteiger partial charge >= 0.3 is 5.97 Å². The van der Waals surface area contributed by atoms with Crippen LogP contribution in [0.1, 0.15) is 5.56 Å². The molecule has 1 aromatic carbocycles. The zero-order chi connectivity index (χ0) is 15.5. The molecule has 4 rings (SSSR count).